The van der Waals surface area contributed by atoms with Crippen molar-refractivity contribution in [3.8, 4) is 0 Å². The number of thiophene rings is 2. The molecule has 0 bridgehead atoms. The number of hydrogen-bond acceptors (Lipinski definition) is 8. The summed E-state index contributed by atoms with van der Waals surface area (Å²) in [7, 11) is -3.68. The topological polar surface area (TPSA) is 98.0 Å². The maximum absolute atomic E-state index is 11.6. The molecule has 3 heterocycles. The second kappa shape index (κ2) is 8.51. The number of nitrogens with two attached hydrogens (primary N) is 1. The number of hydrogen-bond donors (Lipinski definition) is 2. The number of anilines is 1. The zero-order chi connectivity index (χ0) is 21.4. The second-order valence-electron chi connectivity index (χ2n) is 7.25. The van der Waals surface area contributed by atoms with Gasteiger partial charge in [0, 0.05) is 14.6 Å². The summed E-state index contributed by atoms with van der Waals surface area (Å²) >= 11 is 4.67. The normalized spacial score (nSPS) is 13.6. The lowest BCUT2D eigenvalue weighted by Crippen LogP contribution is -2.09. The molecule has 0 saturated carbocycles. The largest absolute Gasteiger partial charge is 0.365 e. The Morgan fingerprint density at radius 3 is 2.68 bits per heavy atom. The molecule has 6 nitrogen and oxygen atoms in total. The first-order chi connectivity index (χ1) is 15.0. The predicted molar refractivity (Wildman–Crippen MR) is 128 cm³/mol. The number of primary sulfonamides is 1. The molecule has 10 heteroatoms. The van der Waals surface area contributed by atoms with Gasteiger partial charge >= 0.3 is 0 Å². The van der Waals surface area contributed by atoms with E-state index in [-0.39, 0.29) is 4.21 Å². The van der Waals surface area contributed by atoms with Gasteiger partial charge in [-0.3, -0.25) is 0 Å². The molecule has 0 aliphatic heterocycles. The molecule has 3 aromatic heterocycles. The maximum Gasteiger partial charge on any atom is 0.247 e. The van der Waals surface area contributed by atoms with E-state index >= 15 is 0 Å². The van der Waals surface area contributed by atoms with Crippen LogP contribution in [0, 0.1) is 0 Å². The first-order valence-electron chi connectivity index (χ1n) is 9.82. The zero-order valence-corrected chi connectivity index (χ0v) is 19.8. The summed E-state index contributed by atoms with van der Waals surface area (Å²) in [6, 6.07) is 13.6. The summed E-state index contributed by atoms with van der Waals surface area (Å²) in [6.07, 6.45) is 3.33. The van der Waals surface area contributed by atoms with E-state index in [0.29, 0.717) is 12.3 Å². The third kappa shape index (κ3) is 4.49. The van der Waals surface area contributed by atoms with Crippen LogP contribution in [0.3, 0.4) is 0 Å². The molecule has 0 fully saturated rings. The smallest absolute Gasteiger partial charge is 0.247 e. The van der Waals surface area contributed by atoms with Crippen molar-refractivity contribution in [2.45, 2.75) is 40.7 Å². The number of thioether (sulfide) groups is 1. The fourth-order valence-corrected chi connectivity index (χ4v) is 7.45. The first-order valence-corrected chi connectivity index (χ1v) is 14.0. The summed E-state index contributed by atoms with van der Waals surface area (Å²) < 4.78 is 23.3. The minimum absolute atomic E-state index is 0.175. The molecule has 1 aromatic carbocycles. The Labute approximate surface area is 193 Å². The lowest BCUT2D eigenvalue weighted by molar-refractivity contribution is 0.600. The van der Waals surface area contributed by atoms with Crippen LogP contribution in [-0.2, 0) is 35.2 Å². The summed E-state index contributed by atoms with van der Waals surface area (Å²) in [5.74, 6) is 2.31. The van der Waals surface area contributed by atoms with E-state index in [1.807, 2.05) is 18.2 Å². The van der Waals surface area contributed by atoms with Crippen molar-refractivity contribution in [1.82, 2.24) is 9.97 Å². The Kier molecular flexibility index (Phi) is 5.74. The Hall–Kier alpha value is -1.98. The molecule has 0 atom stereocenters. The molecule has 31 heavy (non-hydrogen) atoms. The Morgan fingerprint density at radius 2 is 1.90 bits per heavy atom. The molecule has 0 spiro atoms. The van der Waals surface area contributed by atoms with Crippen LogP contribution >= 0.6 is 34.4 Å². The minimum Gasteiger partial charge on any atom is -0.365 e. The van der Waals surface area contributed by atoms with Crippen LogP contribution in [0.5, 0.6) is 0 Å². The van der Waals surface area contributed by atoms with Crippen molar-refractivity contribution in [1.29, 1.82) is 0 Å². The van der Waals surface area contributed by atoms with E-state index in [1.54, 1.807) is 35.2 Å². The van der Waals surface area contributed by atoms with Crippen molar-refractivity contribution < 1.29 is 8.42 Å². The van der Waals surface area contributed by atoms with E-state index < -0.39 is 10.0 Å². The van der Waals surface area contributed by atoms with Gasteiger partial charge in [0.2, 0.25) is 10.0 Å². The summed E-state index contributed by atoms with van der Waals surface area (Å²) in [6.45, 7) is 0.488. The van der Waals surface area contributed by atoms with E-state index in [1.165, 1.54) is 33.1 Å². The number of aryl methyl sites for hydroxylation is 2. The second-order valence-corrected chi connectivity index (χ2v) is 12.3. The molecular formula is C21H20N4O2S4. The predicted octanol–water partition coefficient (Wildman–Crippen LogP) is 4.79. The van der Waals surface area contributed by atoms with Gasteiger partial charge < -0.3 is 5.32 Å². The SMILES string of the molecule is NS(=O)(=O)c1ccc(CNc2nc(CSc3ccccc3)nc3sc4c(c23)CCC4)s1. The molecule has 160 valence electrons. The Bertz CT molecular complexity index is 1350. The van der Waals surface area contributed by atoms with E-state index in [0.717, 1.165) is 39.6 Å². The van der Waals surface area contributed by atoms with Gasteiger partial charge in [-0.2, -0.15) is 0 Å². The molecule has 3 N–H and O–H groups in total. The number of benzene rings is 1. The first kappa shape index (κ1) is 20.9. The maximum atomic E-state index is 11.6. The molecule has 0 radical (unpaired) electrons. The van der Waals surface area contributed by atoms with Gasteiger partial charge in [0.25, 0.3) is 0 Å². The average molecular weight is 489 g/mol. The van der Waals surface area contributed by atoms with Gasteiger partial charge in [0.05, 0.1) is 17.7 Å². The molecule has 5 rings (SSSR count). The fourth-order valence-electron chi connectivity index (χ4n) is 3.67. The number of fused-ring (bicyclic) bond motifs is 3. The highest BCUT2D eigenvalue weighted by molar-refractivity contribution is 7.98. The van der Waals surface area contributed by atoms with Gasteiger partial charge in [-0.05, 0) is 49.1 Å². The van der Waals surface area contributed by atoms with Crippen LogP contribution in [0.25, 0.3) is 10.2 Å². The van der Waals surface area contributed by atoms with Gasteiger partial charge in [-0.15, -0.1) is 34.4 Å². The highest BCUT2D eigenvalue weighted by Crippen LogP contribution is 2.40. The lowest BCUT2D eigenvalue weighted by atomic mass is 10.2. The average Bonchev–Trinajstić information content (AvgIpc) is 3.46. The van der Waals surface area contributed by atoms with Gasteiger partial charge in [0.1, 0.15) is 20.7 Å². The van der Waals surface area contributed by atoms with Crippen LogP contribution in [0.2, 0.25) is 0 Å². The van der Waals surface area contributed by atoms with Crippen molar-refractivity contribution in [2.24, 2.45) is 5.14 Å². The molecular weight excluding hydrogens is 469 g/mol. The van der Waals surface area contributed by atoms with E-state index in [2.05, 4.69) is 17.4 Å². The fraction of sp³-hybridized carbons (Fsp3) is 0.238. The highest BCUT2D eigenvalue weighted by Gasteiger charge is 2.22. The molecule has 1 aliphatic carbocycles. The summed E-state index contributed by atoms with van der Waals surface area (Å²) in [5, 5.41) is 9.81. The standard InChI is InChI=1S/C21H20N4O2S4/c22-31(26,27)18-10-9-14(29-18)11-23-20-19-15-7-4-8-16(15)30-21(19)25-17(24-20)12-28-13-5-2-1-3-6-13/h1-3,5-6,9-10H,4,7-8,11-12H2,(H2,22,26,27)(H,23,24,25). The van der Waals surface area contributed by atoms with Crippen molar-refractivity contribution in [2.75, 3.05) is 5.32 Å². The van der Waals surface area contributed by atoms with Crippen LogP contribution in [0.15, 0.2) is 51.6 Å². The summed E-state index contributed by atoms with van der Waals surface area (Å²) in [5.41, 5.74) is 1.36. The van der Waals surface area contributed by atoms with Crippen LogP contribution in [-0.4, -0.2) is 18.4 Å². The third-order valence-corrected chi connectivity index (χ3v) is 9.79. The van der Waals surface area contributed by atoms with Crippen LogP contribution < -0.4 is 10.5 Å². The monoisotopic (exact) mass is 488 g/mol. The molecule has 4 aromatic rings. The van der Waals surface area contributed by atoms with Gasteiger partial charge in [-0.1, -0.05) is 18.2 Å². The Balaban J connectivity index is 1.44. The van der Waals surface area contributed by atoms with Crippen molar-refractivity contribution in [3.63, 3.8) is 0 Å². The molecule has 0 saturated heterocycles. The quantitative estimate of drug-likeness (QED) is 0.363. The van der Waals surface area contributed by atoms with Gasteiger partial charge in [-0.25, -0.2) is 23.5 Å². The molecule has 1 aliphatic rings. The molecule has 0 unspecified atom stereocenters. The number of nitrogens with zero attached hydrogens (tertiary/aromatic N) is 2. The van der Waals surface area contributed by atoms with Crippen molar-refractivity contribution >= 4 is 60.5 Å². The number of aromatic nitrogens is 2. The number of rotatable bonds is 7. The highest BCUT2D eigenvalue weighted by atomic mass is 32.2. The van der Waals surface area contributed by atoms with Gasteiger partial charge in [0.15, 0.2) is 0 Å². The molecule has 0 amide bonds. The zero-order valence-electron chi connectivity index (χ0n) is 16.5. The minimum atomic E-state index is -3.68. The van der Waals surface area contributed by atoms with Crippen molar-refractivity contribution in [3.05, 3.63) is 63.6 Å². The summed E-state index contributed by atoms with van der Waals surface area (Å²) in [4.78, 5) is 14.2. The third-order valence-electron chi connectivity index (χ3n) is 5.07. The number of nitrogens with one attached hydrogen (secondary N) is 1. The van der Waals surface area contributed by atoms with E-state index in [4.69, 9.17) is 15.1 Å². The van der Waals surface area contributed by atoms with E-state index in [9.17, 15) is 8.42 Å². The van der Waals surface area contributed by atoms with Crippen LogP contribution in [0.1, 0.15) is 27.6 Å². The Morgan fingerprint density at radius 1 is 1.06 bits per heavy atom. The number of sulfonamides is 1. The van der Waals surface area contributed by atoms with Crippen LogP contribution in [0.4, 0.5) is 5.82 Å². The lowest BCUT2D eigenvalue weighted by Gasteiger charge is -2.10.